The van der Waals surface area contributed by atoms with E-state index in [4.69, 9.17) is 10.8 Å². The average Bonchev–Trinajstić information content (AvgIpc) is 3.29. The molecule has 220 valence electrons. The number of hydrogen-bond acceptors (Lipinski definition) is 3. The third-order valence-electron chi connectivity index (χ3n) is 8.40. The highest BCUT2D eigenvalue weighted by Gasteiger charge is 2.29. The first-order valence-electron chi connectivity index (χ1n) is 15.1. The molecular formula is C36H45N5O. The molecular weight excluding hydrogens is 518 g/mol. The minimum Gasteiger partial charge on any atom is -0.366 e. The zero-order valence-electron chi connectivity index (χ0n) is 26.2. The normalized spacial score (nSPS) is 13.4. The van der Waals surface area contributed by atoms with Gasteiger partial charge in [0.1, 0.15) is 0 Å². The van der Waals surface area contributed by atoms with Crippen LogP contribution in [0, 0.1) is 19.8 Å². The van der Waals surface area contributed by atoms with Crippen molar-refractivity contribution in [3.8, 4) is 16.9 Å². The predicted molar refractivity (Wildman–Crippen MR) is 175 cm³/mol. The smallest absolute Gasteiger partial charge is 0.316 e. The average molecular weight is 564 g/mol. The maximum atomic E-state index is 11.5. The highest BCUT2D eigenvalue weighted by atomic mass is 16.2. The third-order valence-corrected chi connectivity index (χ3v) is 8.40. The topological polar surface area (TPSA) is 76.2 Å². The van der Waals surface area contributed by atoms with Crippen LogP contribution in [0.25, 0.3) is 16.9 Å². The summed E-state index contributed by atoms with van der Waals surface area (Å²) in [6.07, 6.45) is 3.01. The second kappa shape index (κ2) is 11.7. The van der Waals surface area contributed by atoms with Crippen LogP contribution >= 0.6 is 0 Å². The monoisotopic (exact) mass is 563 g/mol. The fourth-order valence-corrected chi connectivity index (χ4v) is 5.98. The summed E-state index contributed by atoms with van der Waals surface area (Å²) in [6, 6.07) is 20.9. The van der Waals surface area contributed by atoms with Gasteiger partial charge in [0.05, 0.1) is 17.1 Å². The lowest BCUT2D eigenvalue weighted by atomic mass is 9.86. The molecule has 0 radical (unpaired) electrons. The first-order chi connectivity index (χ1) is 19.9. The number of nitrogens with one attached hydrogen (secondary N) is 1. The summed E-state index contributed by atoms with van der Waals surface area (Å²) in [7, 11) is 0. The second-order valence-corrected chi connectivity index (χ2v) is 13.2. The first-order valence-corrected chi connectivity index (χ1v) is 15.1. The van der Waals surface area contributed by atoms with Crippen LogP contribution in [-0.4, -0.2) is 22.4 Å². The maximum absolute atomic E-state index is 11.5. The van der Waals surface area contributed by atoms with Gasteiger partial charge in [-0.2, -0.15) is 5.10 Å². The van der Waals surface area contributed by atoms with Gasteiger partial charge in [-0.1, -0.05) is 77.1 Å². The van der Waals surface area contributed by atoms with Gasteiger partial charge in [0.15, 0.2) is 0 Å². The Balaban J connectivity index is 1.65. The lowest BCUT2D eigenvalue weighted by molar-refractivity contribution is 0.259. The number of para-hydroxylation sites is 1. The molecule has 0 aliphatic carbocycles. The minimum absolute atomic E-state index is 0.0807. The molecule has 2 heterocycles. The molecule has 0 bridgehead atoms. The van der Waals surface area contributed by atoms with Gasteiger partial charge in [0, 0.05) is 42.0 Å². The van der Waals surface area contributed by atoms with Gasteiger partial charge in [0.25, 0.3) is 0 Å². The van der Waals surface area contributed by atoms with Crippen molar-refractivity contribution in [3.63, 3.8) is 0 Å². The number of hydrogen-bond donors (Lipinski definition) is 2. The number of nitrogens with two attached hydrogens (primary N) is 1. The number of rotatable bonds is 7. The summed E-state index contributed by atoms with van der Waals surface area (Å²) >= 11 is 0. The number of carbonyl (C=O) groups excluding carboxylic acids is 1. The Labute approximate surface area is 250 Å². The van der Waals surface area contributed by atoms with Crippen molar-refractivity contribution in [3.05, 3.63) is 94.2 Å². The molecule has 5 rings (SSSR count). The molecule has 1 aliphatic heterocycles. The van der Waals surface area contributed by atoms with Gasteiger partial charge in [-0.15, -0.1) is 0 Å². The van der Waals surface area contributed by atoms with E-state index in [1.807, 2.05) is 12.1 Å². The fourth-order valence-electron chi connectivity index (χ4n) is 5.98. The number of amides is 2. The van der Waals surface area contributed by atoms with Crippen molar-refractivity contribution in [2.45, 2.75) is 79.7 Å². The number of aryl methyl sites for hydroxylation is 3. The minimum atomic E-state index is -0.566. The van der Waals surface area contributed by atoms with Crippen molar-refractivity contribution in [1.29, 1.82) is 0 Å². The number of benzene rings is 3. The van der Waals surface area contributed by atoms with E-state index in [0.717, 1.165) is 49.3 Å². The molecule has 6 nitrogen and oxygen atoms in total. The Kier molecular flexibility index (Phi) is 8.18. The van der Waals surface area contributed by atoms with Gasteiger partial charge >= 0.3 is 6.03 Å². The first kappa shape index (κ1) is 29.4. The van der Waals surface area contributed by atoms with Crippen LogP contribution in [0.5, 0.6) is 0 Å². The van der Waals surface area contributed by atoms with Crippen LogP contribution in [-0.2, 0) is 24.8 Å². The van der Waals surface area contributed by atoms with E-state index < -0.39 is 6.03 Å². The van der Waals surface area contributed by atoms with E-state index in [-0.39, 0.29) is 5.41 Å². The van der Waals surface area contributed by atoms with Crippen LogP contribution in [0.4, 0.5) is 16.2 Å². The number of nitrogens with zero attached hydrogens (tertiary/aromatic N) is 3. The van der Waals surface area contributed by atoms with E-state index in [1.54, 1.807) is 0 Å². The molecule has 0 spiro atoms. The van der Waals surface area contributed by atoms with Gasteiger partial charge in [0.2, 0.25) is 0 Å². The number of urea groups is 1. The zero-order chi connectivity index (χ0) is 30.2. The Morgan fingerprint density at radius 2 is 1.76 bits per heavy atom. The summed E-state index contributed by atoms with van der Waals surface area (Å²) in [5.74, 6) is 0.620. The molecule has 2 amide bonds. The van der Waals surface area contributed by atoms with Crippen LogP contribution in [0.1, 0.15) is 74.6 Å². The van der Waals surface area contributed by atoms with E-state index >= 15 is 0 Å². The summed E-state index contributed by atoms with van der Waals surface area (Å²) in [5, 5.41) is 8.02. The summed E-state index contributed by atoms with van der Waals surface area (Å²) in [6.45, 7) is 17.5. The number of fused-ring (bicyclic) bond motifs is 1. The summed E-state index contributed by atoms with van der Waals surface area (Å²) in [4.78, 5) is 14.0. The van der Waals surface area contributed by atoms with Crippen LogP contribution in [0.2, 0.25) is 0 Å². The summed E-state index contributed by atoms with van der Waals surface area (Å²) in [5.41, 5.74) is 18.4. The lowest BCUT2D eigenvalue weighted by Crippen LogP contribution is -2.31. The largest absolute Gasteiger partial charge is 0.366 e. The lowest BCUT2D eigenvalue weighted by Gasteiger charge is -2.32. The van der Waals surface area contributed by atoms with Crippen molar-refractivity contribution >= 4 is 17.4 Å². The van der Waals surface area contributed by atoms with Crippen molar-refractivity contribution < 1.29 is 4.79 Å². The number of anilines is 2. The van der Waals surface area contributed by atoms with Crippen LogP contribution in [0.15, 0.2) is 60.7 Å². The molecule has 0 atom stereocenters. The van der Waals surface area contributed by atoms with Gasteiger partial charge in [-0.25, -0.2) is 9.48 Å². The molecule has 1 aliphatic rings. The van der Waals surface area contributed by atoms with Gasteiger partial charge in [-0.05, 0) is 78.5 Å². The predicted octanol–water partition coefficient (Wildman–Crippen LogP) is 8.10. The van der Waals surface area contributed by atoms with Crippen LogP contribution in [0.3, 0.4) is 0 Å². The van der Waals surface area contributed by atoms with Crippen molar-refractivity contribution in [1.82, 2.24) is 9.78 Å². The maximum Gasteiger partial charge on any atom is 0.316 e. The fraction of sp³-hybridized carbons (Fsp3) is 0.389. The second-order valence-electron chi connectivity index (χ2n) is 13.2. The third kappa shape index (κ3) is 6.08. The molecule has 0 saturated heterocycles. The zero-order valence-corrected chi connectivity index (χ0v) is 26.2. The van der Waals surface area contributed by atoms with Gasteiger partial charge in [-0.3, -0.25) is 0 Å². The molecule has 1 aromatic heterocycles. The molecule has 0 saturated carbocycles. The van der Waals surface area contributed by atoms with E-state index in [1.165, 1.54) is 39.2 Å². The molecule has 6 heteroatoms. The Morgan fingerprint density at radius 1 is 1.02 bits per heavy atom. The Hall–Kier alpha value is -4.06. The van der Waals surface area contributed by atoms with Gasteiger partial charge < -0.3 is 16.0 Å². The molecule has 4 aromatic rings. The number of carbonyl (C=O) groups is 1. The Morgan fingerprint density at radius 3 is 2.43 bits per heavy atom. The van der Waals surface area contributed by atoms with E-state index in [0.29, 0.717) is 11.6 Å². The Bertz CT molecular complexity index is 1590. The standard InChI is InChI=1S/C36H45N5O/c1-23(2)11-13-26-10-8-9-25(4)33(26)41-34(27-14-17-29(18-15-27)38-35(37)42)30-22-40(20-19-31(30)39-41)32-21-28(36(5,6)7)16-12-24(32)3/h8-10,12,14-18,21,23H,11,13,19-20,22H2,1-7H3,(H3,37,38,42). The van der Waals surface area contributed by atoms with Crippen molar-refractivity contribution in [2.24, 2.45) is 11.7 Å². The highest BCUT2D eigenvalue weighted by molar-refractivity contribution is 5.88. The van der Waals surface area contributed by atoms with E-state index in [9.17, 15) is 4.79 Å². The molecule has 3 aromatic carbocycles. The molecule has 0 fully saturated rings. The molecule has 42 heavy (non-hydrogen) atoms. The number of primary amides is 1. The van der Waals surface area contributed by atoms with E-state index in [2.05, 4.69) is 112 Å². The number of aromatic nitrogens is 2. The SMILES string of the molecule is Cc1ccc(C(C)(C)C)cc1N1CCc2nn(-c3c(C)cccc3CCC(C)C)c(-c3ccc(NC(N)=O)cc3)c2C1. The molecule has 3 N–H and O–H groups in total. The quantitative estimate of drug-likeness (QED) is 0.239. The molecule has 0 unspecified atom stereocenters. The van der Waals surface area contributed by atoms with Crippen LogP contribution < -0.4 is 16.0 Å². The van der Waals surface area contributed by atoms with Crippen molar-refractivity contribution in [2.75, 3.05) is 16.8 Å². The summed E-state index contributed by atoms with van der Waals surface area (Å²) < 4.78 is 2.20. The highest BCUT2D eigenvalue weighted by Crippen LogP contribution is 2.38.